The fraction of sp³-hybridized carbons (Fsp3) is 0.667. The standard InChI is InChI=1S/C3H5NOS/c5-4-3-1-2-6-3/h5H,1-2H2. The third kappa shape index (κ3) is 0.497. The predicted octanol–water partition coefficient (Wildman–Crippen LogP) is 0.911. The lowest BCUT2D eigenvalue weighted by molar-refractivity contribution is 0.319. The van der Waals surface area contributed by atoms with Crippen LogP contribution < -0.4 is 0 Å². The van der Waals surface area contributed by atoms with E-state index in [1.54, 1.807) is 11.8 Å². The molecule has 1 N–H and O–H groups in total. The molecule has 34 valence electrons. The molecule has 0 radical (unpaired) electrons. The summed E-state index contributed by atoms with van der Waals surface area (Å²) in [5.74, 6) is 1.12. The van der Waals surface area contributed by atoms with Crippen molar-refractivity contribution in [2.45, 2.75) is 6.42 Å². The minimum atomic E-state index is 0.870. The van der Waals surface area contributed by atoms with Gasteiger partial charge < -0.3 is 5.21 Å². The molecule has 1 heterocycles. The van der Waals surface area contributed by atoms with Gasteiger partial charge in [-0.1, -0.05) is 5.16 Å². The molecule has 1 rings (SSSR count). The van der Waals surface area contributed by atoms with Crippen molar-refractivity contribution in [2.75, 3.05) is 5.75 Å². The molecule has 0 unspecified atom stereocenters. The summed E-state index contributed by atoms with van der Waals surface area (Å²) >= 11 is 1.61. The van der Waals surface area contributed by atoms with E-state index in [0.717, 1.165) is 17.2 Å². The van der Waals surface area contributed by atoms with Crippen molar-refractivity contribution in [3.63, 3.8) is 0 Å². The van der Waals surface area contributed by atoms with Crippen molar-refractivity contribution in [3.8, 4) is 0 Å². The van der Waals surface area contributed by atoms with Gasteiger partial charge in [0.05, 0.1) is 0 Å². The van der Waals surface area contributed by atoms with E-state index in [-0.39, 0.29) is 0 Å². The van der Waals surface area contributed by atoms with Gasteiger partial charge in [-0.25, -0.2) is 0 Å². The van der Waals surface area contributed by atoms with Crippen LogP contribution in [0.5, 0.6) is 0 Å². The summed E-state index contributed by atoms with van der Waals surface area (Å²) in [6.07, 6.45) is 0.973. The Hall–Kier alpha value is -0.180. The Balaban J connectivity index is 2.34. The highest BCUT2D eigenvalue weighted by Crippen LogP contribution is 2.19. The molecule has 6 heavy (non-hydrogen) atoms. The zero-order chi connectivity index (χ0) is 4.41. The lowest BCUT2D eigenvalue weighted by Gasteiger charge is -2.09. The van der Waals surface area contributed by atoms with Crippen LogP contribution >= 0.6 is 11.8 Å². The lowest BCUT2D eigenvalue weighted by atomic mass is 10.5. The van der Waals surface area contributed by atoms with E-state index in [2.05, 4.69) is 5.16 Å². The van der Waals surface area contributed by atoms with Crippen LogP contribution in [-0.2, 0) is 0 Å². The largest absolute Gasteiger partial charge is 0.410 e. The average Bonchev–Trinajstić information content (AvgIpc) is 1.31. The van der Waals surface area contributed by atoms with Crippen LogP contribution in [-0.4, -0.2) is 16.0 Å². The third-order valence-corrected chi connectivity index (χ3v) is 1.72. The van der Waals surface area contributed by atoms with Gasteiger partial charge in [-0.2, -0.15) is 0 Å². The summed E-state index contributed by atoms with van der Waals surface area (Å²) in [6, 6.07) is 0. The van der Waals surface area contributed by atoms with Crippen LogP contribution in [0.1, 0.15) is 6.42 Å². The molecule has 0 spiro atoms. The van der Waals surface area contributed by atoms with E-state index in [4.69, 9.17) is 5.21 Å². The fourth-order valence-corrected chi connectivity index (χ4v) is 0.717. The fourth-order valence-electron chi connectivity index (χ4n) is 0.272. The van der Waals surface area contributed by atoms with Crippen LogP contribution in [0.2, 0.25) is 0 Å². The molecule has 0 aliphatic carbocycles. The summed E-state index contributed by atoms with van der Waals surface area (Å²) in [5.41, 5.74) is 0. The van der Waals surface area contributed by atoms with Gasteiger partial charge in [0.1, 0.15) is 5.04 Å². The topological polar surface area (TPSA) is 32.6 Å². The maximum atomic E-state index is 7.95. The lowest BCUT2D eigenvalue weighted by Crippen LogP contribution is -2.06. The van der Waals surface area contributed by atoms with Crippen molar-refractivity contribution in [2.24, 2.45) is 5.16 Å². The number of rotatable bonds is 0. The zero-order valence-corrected chi connectivity index (χ0v) is 4.03. The third-order valence-electron chi connectivity index (χ3n) is 0.696. The average molecular weight is 103 g/mol. The molecule has 0 amide bonds. The first-order valence-electron chi connectivity index (χ1n) is 1.77. The molecular weight excluding hydrogens is 98.1 g/mol. The maximum absolute atomic E-state index is 7.95. The van der Waals surface area contributed by atoms with Gasteiger partial charge in [0.25, 0.3) is 0 Å². The maximum Gasteiger partial charge on any atom is 0.113 e. The predicted molar refractivity (Wildman–Crippen MR) is 26.3 cm³/mol. The van der Waals surface area contributed by atoms with Crippen molar-refractivity contribution in [1.29, 1.82) is 0 Å². The van der Waals surface area contributed by atoms with Crippen molar-refractivity contribution in [3.05, 3.63) is 0 Å². The summed E-state index contributed by atoms with van der Waals surface area (Å²) in [5, 5.41) is 11.8. The van der Waals surface area contributed by atoms with Gasteiger partial charge in [0.15, 0.2) is 0 Å². The Morgan fingerprint density at radius 1 is 1.83 bits per heavy atom. The highest BCUT2D eigenvalue weighted by molar-refractivity contribution is 8.15. The van der Waals surface area contributed by atoms with Gasteiger partial charge in [0.2, 0.25) is 0 Å². The summed E-state index contributed by atoms with van der Waals surface area (Å²) in [4.78, 5) is 0. The molecule has 1 aliphatic rings. The van der Waals surface area contributed by atoms with E-state index in [9.17, 15) is 0 Å². The quantitative estimate of drug-likeness (QED) is 0.365. The highest BCUT2D eigenvalue weighted by Gasteiger charge is 2.09. The smallest absolute Gasteiger partial charge is 0.113 e. The number of thioether (sulfide) groups is 1. The second-order valence-corrected chi connectivity index (χ2v) is 2.26. The van der Waals surface area contributed by atoms with E-state index in [1.165, 1.54) is 0 Å². The van der Waals surface area contributed by atoms with E-state index >= 15 is 0 Å². The number of hydrogen-bond donors (Lipinski definition) is 1. The molecule has 1 aliphatic heterocycles. The van der Waals surface area contributed by atoms with Gasteiger partial charge in [-0.05, 0) is 0 Å². The van der Waals surface area contributed by atoms with E-state index in [0.29, 0.717) is 0 Å². The minimum absolute atomic E-state index is 0.870. The first-order valence-corrected chi connectivity index (χ1v) is 2.76. The van der Waals surface area contributed by atoms with Crippen LogP contribution in [0.3, 0.4) is 0 Å². The Labute approximate surface area is 40.2 Å². The summed E-state index contributed by atoms with van der Waals surface area (Å²) < 4.78 is 0. The zero-order valence-electron chi connectivity index (χ0n) is 3.22. The monoisotopic (exact) mass is 103 g/mol. The van der Waals surface area contributed by atoms with Gasteiger partial charge in [-0.15, -0.1) is 11.8 Å². The van der Waals surface area contributed by atoms with Crippen LogP contribution in [0.4, 0.5) is 0 Å². The molecule has 1 saturated heterocycles. The highest BCUT2D eigenvalue weighted by atomic mass is 32.2. The minimum Gasteiger partial charge on any atom is -0.410 e. The molecule has 0 aromatic heterocycles. The van der Waals surface area contributed by atoms with E-state index in [1.807, 2.05) is 0 Å². The molecular formula is C3H5NOS. The van der Waals surface area contributed by atoms with Gasteiger partial charge in [0, 0.05) is 12.2 Å². The Morgan fingerprint density at radius 3 is 2.50 bits per heavy atom. The number of nitrogens with zero attached hydrogens (tertiary/aromatic N) is 1. The number of hydrogen-bond acceptors (Lipinski definition) is 3. The van der Waals surface area contributed by atoms with Crippen LogP contribution in [0.25, 0.3) is 0 Å². The number of oxime groups is 1. The first-order chi connectivity index (χ1) is 2.93. The van der Waals surface area contributed by atoms with E-state index < -0.39 is 0 Å². The molecule has 0 aromatic carbocycles. The second kappa shape index (κ2) is 1.51. The molecule has 0 aromatic rings. The SMILES string of the molecule is ON=C1CCS1. The molecule has 2 nitrogen and oxygen atoms in total. The van der Waals surface area contributed by atoms with Crippen molar-refractivity contribution >= 4 is 16.8 Å². The normalized spacial score (nSPS) is 27.0. The molecule has 1 fully saturated rings. The Morgan fingerprint density at radius 2 is 2.50 bits per heavy atom. The van der Waals surface area contributed by atoms with Gasteiger partial charge in [-0.3, -0.25) is 0 Å². The summed E-state index contributed by atoms with van der Waals surface area (Å²) in [6.45, 7) is 0. The Bertz CT molecular complexity index is 74.9. The summed E-state index contributed by atoms with van der Waals surface area (Å²) in [7, 11) is 0. The van der Waals surface area contributed by atoms with Crippen LogP contribution in [0.15, 0.2) is 5.16 Å². The molecule has 3 heteroatoms. The van der Waals surface area contributed by atoms with Crippen LogP contribution in [0, 0.1) is 0 Å². The molecule has 0 atom stereocenters. The van der Waals surface area contributed by atoms with Crippen molar-refractivity contribution in [1.82, 2.24) is 0 Å². The molecule has 0 bridgehead atoms. The first kappa shape index (κ1) is 3.99. The van der Waals surface area contributed by atoms with Crippen molar-refractivity contribution < 1.29 is 5.21 Å². The second-order valence-electron chi connectivity index (χ2n) is 1.09. The molecule has 0 saturated carbocycles. The Kier molecular flexibility index (Phi) is 1.01. The van der Waals surface area contributed by atoms with Gasteiger partial charge >= 0.3 is 0 Å².